The molecule has 7 unspecified atom stereocenters. The highest BCUT2D eigenvalue weighted by Crippen LogP contribution is 2.23. The highest BCUT2D eigenvalue weighted by atomic mass is 16.7. The summed E-state index contributed by atoms with van der Waals surface area (Å²) in [4.78, 5) is 12.9. The minimum Gasteiger partial charge on any atom is -0.394 e. The fourth-order valence-electron chi connectivity index (χ4n) is 8.53. The molecule has 1 amide bonds. The van der Waals surface area contributed by atoms with Crippen LogP contribution in [0.1, 0.15) is 251 Å². The first-order valence-corrected chi connectivity index (χ1v) is 26.6. The Balaban J connectivity index is 2.03. The normalized spacial score (nSPS) is 20.4. The van der Waals surface area contributed by atoms with E-state index in [2.05, 4.69) is 31.3 Å². The van der Waals surface area contributed by atoms with Crippen LogP contribution in [0.5, 0.6) is 0 Å². The van der Waals surface area contributed by atoms with Gasteiger partial charge in [0.05, 0.1) is 25.4 Å². The van der Waals surface area contributed by atoms with E-state index in [0.717, 1.165) is 44.9 Å². The highest BCUT2D eigenvalue weighted by Gasteiger charge is 2.44. The lowest BCUT2D eigenvalue weighted by Gasteiger charge is -2.40. The van der Waals surface area contributed by atoms with E-state index in [0.29, 0.717) is 6.42 Å². The van der Waals surface area contributed by atoms with Gasteiger partial charge in [0.1, 0.15) is 24.4 Å². The molecular weight excluding hydrogens is 779 g/mol. The largest absolute Gasteiger partial charge is 0.394 e. The zero-order valence-corrected chi connectivity index (χ0v) is 40.4. The molecule has 0 radical (unpaired) electrons. The quantitative estimate of drug-likeness (QED) is 0.0262. The third-order valence-electron chi connectivity index (χ3n) is 12.8. The van der Waals surface area contributed by atoms with Gasteiger partial charge >= 0.3 is 0 Å². The maximum absolute atomic E-state index is 12.9. The van der Waals surface area contributed by atoms with Gasteiger partial charge < -0.3 is 40.3 Å². The number of amides is 1. The minimum absolute atomic E-state index is 0.187. The van der Waals surface area contributed by atoms with E-state index in [9.17, 15) is 30.3 Å². The Morgan fingerprint density at radius 3 is 1.32 bits per heavy atom. The summed E-state index contributed by atoms with van der Waals surface area (Å²) in [6.45, 7) is 3.66. The van der Waals surface area contributed by atoms with E-state index < -0.39 is 49.5 Å². The second kappa shape index (κ2) is 43.6. The van der Waals surface area contributed by atoms with Crippen LogP contribution in [0.15, 0.2) is 24.3 Å². The number of carbonyl (C=O) groups is 1. The van der Waals surface area contributed by atoms with Crippen molar-refractivity contribution in [3.05, 3.63) is 24.3 Å². The van der Waals surface area contributed by atoms with Crippen molar-refractivity contribution in [1.82, 2.24) is 5.32 Å². The predicted octanol–water partition coefficient (Wildman–Crippen LogP) is 12.2. The Kier molecular flexibility index (Phi) is 41.2. The molecule has 1 saturated heterocycles. The van der Waals surface area contributed by atoms with Crippen molar-refractivity contribution in [3.8, 4) is 0 Å². The lowest BCUT2D eigenvalue weighted by Crippen LogP contribution is -2.60. The van der Waals surface area contributed by atoms with Crippen LogP contribution >= 0.6 is 0 Å². The molecule has 0 aromatic rings. The lowest BCUT2D eigenvalue weighted by molar-refractivity contribution is -0.302. The summed E-state index contributed by atoms with van der Waals surface area (Å²) >= 11 is 0. The molecule has 0 aliphatic carbocycles. The number of allylic oxidation sites excluding steroid dienone is 3. The molecule has 1 heterocycles. The Bertz CT molecular complexity index is 1020. The average molecular weight is 880 g/mol. The predicted molar refractivity (Wildman–Crippen MR) is 258 cm³/mol. The summed E-state index contributed by atoms with van der Waals surface area (Å²) in [6, 6.07) is -0.815. The molecule has 7 atom stereocenters. The molecule has 0 aromatic heterocycles. The van der Waals surface area contributed by atoms with Crippen molar-refractivity contribution >= 4 is 5.91 Å². The molecule has 6 N–H and O–H groups in total. The number of aliphatic hydroxyl groups excluding tert-OH is 5. The molecule has 1 aliphatic heterocycles. The van der Waals surface area contributed by atoms with Gasteiger partial charge in [-0.2, -0.15) is 0 Å². The highest BCUT2D eigenvalue weighted by molar-refractivity contribution is 5.76. The van der Waals surface area contributed by atoms with Crippen molar-refractivity contribution in [1.29, 1.82) is 0 Å². The number of aliphatic hydroxyl groups is 5. The molecular formula is C53H101NO8. The summed E-state index contributed by atoms with van der Waals surface area (Å²) in [7, 11) is 0. The first-order chi connectivity index (χ1) is 30.3. The monoisotopic (exact) mass is 880 g/mol. The number of hydrogen-bond acceptors (Lipinski definition) is 8. The fraction of sp³-hybridized carbons (Fsp3) is 0.906. The third kappa shape index (κ3) is 33.2. The number of nitrogens with one attached hydrogen (secondary N) is 1. The number of unbranched alkanes of at least 4 members (excludes halogenated alkanes) is 33. The van der Waals surface area contributed by atoms with Crippen LogP contribution in [0.3, 0.4) is 0 Å². The number of ether oxygens (including phenoxy) is 2. The molecule has 366 valence electrons. The van der Waals surface area contributed by atoms with E-state index in [1.165, 1.54) is 186 Å². The van der Waals surface area contributed by atoms with Gasteiger partial charge in [-0.3, -0.25) is 4.79 Å². The molecule has 0 saturated carbocycles. The van der Waals surface area contributed by atoms with E-state index in [1.807, 2.05) is 6.08 Å². The second-order valence-electron chi connectivity index (χ2n) is 18.7. The zero-order valence-electron chi connectivity index (χ0n) is 40.4. The number of rotatable bonds is 45. The Morgan fingerprint density at radius 2 is 0.919 bits per heavy atom. The molecule has 0 spiro atoms. The maximum atomic E-state index is 12.9. The van der Waals surface area contributed by atoms with Gasteiger partial charge in [0, 0.05) is 6.42 Å². The standard InChI is InChI=1S/C53H101NO8/c1-3-5-7-9-11-12-13-14-15-16-17-18-19-20-21-22-23-24-25-26-27-28-29-30-31-32-33-34-35-37-39-41-43-49(57)54-46(47(56)42-40-38-36-10-8-6-4-2)45-61-53-52(60)51(59)50(58)48(44-55)62-53/h8,10,40,42,46-48,50-53,55-56,58-60H,3-7,9,11-39,41,43-45H2,1-2H3,(H,54,57)/b10-8+,42-40+. The molecule has 1 rings (SSSR count). The lowest BCUT2D eigenvalue weighted by atomic mass is 9.99. The van der Waals surface area contributed by atoms with E-state index >= 15 is 0 Å². The molecule has 0 aromatic carbocycles. The average Bonchev–Trinajstić information content (AvgIpc) is 3.27. The molecule has 1 fully saturated rings. The molecule has 9 nitrogen and oxygen atoms in total. The van der Waals surface area contributed by atoms with Crippen LogP contribution in [0.2, 0.25) is 0 Å². The van der Waals surface area contributed by atoms with Crippen molar-refractivity contribution < 1.29 is 39.8 Å². The fourth-order valence-corrected chi connectivity index (χ4v) is 8.53. The summed E-state index contributed by atoms with van der Waals surface area (Å²) in [5.74, 6) is -0.187. The zero-order chi connectivity index (χ0) is 45.1. The molecule has 9 heteroatoms. The van der Waals surface area contributed by atoms with E-state index in [-0.39, 0.29) is 12.5 Å². The maximum Gasteiger partial charge on any atom is 0.220 e. The summed E-state index contributed by atoms with van der Waals surface area (Å²) < 4.78 is 11.2. The van der Waals surface area contributed by atoms with Crippen molar-refractivity contribution in [2.75, 3.05) is 13.2 Å². The smallest absolute Gasteiger partial charge is 0.220 e. The van der Waals surface area contributed by atoms with Crippen LogP contribution in [-0.2, 0) is 14.3 Å². The van der Waals surface area contributed by atoms with Crippen LogP contribution < -0.4 is 5.32 Å². The van der Waals surface area contributed by atoms with Gasteiger partial charge in [-0.05, 0) is 25.7 Å². The van der Waals surface area contributed by atoms with Gasteiger partial charge in [0.15, 0.2) is 6.29 Å². The first-order valence-electron chi connectivity index (χ1n) is 26.6. The Hall–Kier alpha value is -1.33. The SMILES string of the molecule is CCC/C=C/CC/C=C/C(O)C(COC1OC(CO)C(O)C(O)C1O)NC(=O)CCCCCCCCCCCCCCCCCCCCCCCCCCCCCCCCCC. The van der Waals surface area contributed by atoms with E-state index in [4.69, 9.17) is 9.47 Å². The molecule has 62 heavy (non-hydrogen) atoms. The van der Waals surface area contributed by atoms with Crippen molar-refractivity contribution in [3.63, 3.8) is 0 Å². The third-order valence-corrected chi connectivity index (χ3v) is 12.8. The van der Waals surface area contributed by atoms with Crippen molar-refractivity contribution in [2.45, 2.75) is 294 Å². The van der Waals surface area contributed by atoms with Crippen LogP contribution in [0.4, 0.5) is 0 Å². The first kappa shape index (κ1) is 58.7. The Morgan fingerprint density at radius 1 is 0.532 bits per heavy atom. The van der Waals surface area contributed by atoms with Crippen molar-refractivity contribution in [2.24, 2.45) is 0 Å². The summed E-state index contributed by atoms with van der Waals surface area (Å²) in [5.41, 5.74) is 0. The number of carbonyl (C=O) groups excluding carboxylic acids is 1. The summed E-state index contributed by atoms with van der Waals surface area (Å²) in [6.07, 6.45) is 47.4. The van der Waals surface area contributed by atoms with Crippen LogP contribution in [0.25, 0.3) is 0 Å². The van der Waals surface area contributed by atoms with Gasteiger partial charge in [-0.1, -0.05) is 244 Å². The summed E-state index contributed by atoms with van der Waals surface area (Å²) in [5, 5.41) is 53.9. The topological polar surface area (TPSA) is 149 Å². The van der Waals surface area contributed by atoms with Gasteiger partial charge in [0.25, 0.3) is 0 Å². The minimum atomic E-state index is -1.57. The van der Waals surface area contributed by atoms with Crippen LogP contribution in [-0.4, -0.2) is 87.5 Å². The van der Waals surface area contributed by atoms with Gasteiger partial charge in [-0.25, -0.2) is 0 Å². The number of hydrogen-bond donors (Lipinski definition) is 6. The van der Waals surface area contributed by atoms with E-state index in [1.54, 1.807) is 6.08 Å². The Labute approximate surface area is 381 Å². The van der Waals surface area contributed by atoms with Gasteiger partial charge in [0.2, 0.25) is 5.91 Å². The van der Waals surface area contributed by atoms with Crippen LogP contribution in [0, 0.1) is 0 Å². The second-order valence-corrected chi connectivity index (χ2v) is 18.7. The molecule has 1 aliphatic rings. The van der Waals surface area contributed by atoms with Gasteiger partial charge in [-0.15, -0.1) is 0 Å². The molecule has 0 bridgehead atoms.